The lowest BCUT2D eigenvalue weighted by molar-refractivity contribution is -0.385. The molecule has 1 saturated carbocycles. The van der Waals surface area contributed by atoms with Crippen molar-refractivity contribution in [3.05, 3.63) is 46.0 Å². The van der Waals surface area contributed by atoms with Gasteiger partial charge in [0.25, 0.3) is 15.7 Å². The Balaban J connectivity index is 1.44. The Morgan fingerprint density at radius 2 is 1.46 bits per heavy atom. The SMILES string of the molecule is CCCCCCCCCCCCCCCCOc1cc(OC(C)=O)c(NS(=O)(=O)c2cc([N+](=O)[O-])ccc2N2CCOCC2)cc1C1CCCCC1. The first-order valence-electron chi connectivity index (χ1n) is 19.8. The van der Waals surface area contributed by atoms with Crippen LogP contribution in [0.1, 0.15) is 147 Å². The molecule has 1 saturated heterocycles. The van der Waals surface area contributed by atoms with Crippen LogP contribution >= 0.6 is 0 Å². The van der Waals surface area contributed by atoms with Crippen molar-refractivity contribution < 1.29 is 32.3 Å². The first-order valence-corrected chi connectivity index (χ1v) is 21.3. The molecule has 4 rings (SSSR count). The van der Waals surface area contributed by atoms with Gasteiger partial charge in [0.1, 0.15) is 10.6 Å². The topological polar surface area (TPSA) is 137 Å². The Kier molecular flexibility index (Phi) is 17.5. The minimum Gasteiger partial charge on any atom is -0.493 e. The van der Waals surface area contributed by atoms with Crippen LogP contribution in [0.25, 0.3) is 0 Å². The van der Waals surface area contributed by atoms with Gasteiger partial charge in [-0.1, -0.05) is 110 Å². The quantitative estimate of drug-likeness (QED) is 0.0387. The number of nitrogens with one attached hydrogen (secondary N) is 1. The number of morpholine rings is 1. The Morgan fingerprint density at radius 3 is 2.04 bits per heavy atom. The second kappa shape index (κ2) is 22.0. The van der Waals surface area contributed by atoms with Gasteiger partial charge in [-0.2, -0.15) is 0 Å². The fraction of sp³-hybridized carbons (Fsp3) is 0.675. The number of nitro benzene ring substituents is 1. The molecule has 1 aliphatic heterocycles. The van der Waals surface area contributed by atoms with Crippen molar-refractivity contribution in [2.45, 2.75) is 147 Å². The summed E-state index contributed by atoms with van der Waals surface area (Å²) in [7, 11) is -4.38. The van der Waals surface area contributed by atoms with Gasteiger partial charge in [0.05, 0.1) is 36.1 Å². The van der Waals surface area contributed by atoms with Gasteiger partial charge in [0.15, 0.2) is 5.75 Å². The van der Waals surface area contributed by atoms with Crippen LogP contribution in [0.2, 0.25) is 0 Å². The molecule has 2 aromatic rings. The predicted molar refractivity (Wildman–Crippen MR) is 206 cm³/mol. The van der Waals surface area contributed by atoms with Crippen LogP contribution < -0.4 is 19.1 Å². The van der Waals surface area contributed by atoms with Crippen LogP contribution in [0.4, 0.5) is 17.1 Å². The molecule has 0 bridgehead atoms. The molecule has 0 aromatic heterocycles. The van der Waals surface area contributed by atoms with E-state index in [1.165, 1.54) is 96.1 Å². The first-order chi connectivity index (χ1) is 25.2. The van der Waals surface area contributed by atoms with Crippen LogP contribution in [-0.4, -0.2) is 52.2 Å². The second-order valence-corrected chi connectivity index (χ2v) is 16.0. The molecule has 11 nitrogen and oxygen atoms in total. The van der Waals surface area contributed by atoms with Gasteiger partial charge in [-0.25, -0.2) is 8.42 Å². The molecule has 0 amide bonds. The summed E-state index contributed by atoms with van der Waals surface area (Å²) >= 11 is 0. The number of rotatable bonds is 23. The minimum absolute atomic E-state index is 0.0324. The van der Waals surface area contributed by atoms with Crippen LogP contribution in [0, 0.1) is 10.1 Å². The number of unbranched alkanes of at least 4 members (excludes halogenated alkanes) is 13. The summed E-state index contributed by atoms with van der Waals surface area (Å²) in [5.74, 6) is 0.194. The molecule has 1 heterocycles. The lowest BCUT2D eigenvalue weighted by Crippen LogP contribution is -2.37. The Hall–Kier alpha value is -3.38. The summed E-state index contributed by atoms with van der Waals surface area (Å²) in [4.78, 5) is 24.9. The highest BCUT2D eigenvalue weighted by molar-refractivity contribution is 7.93. The maximum atomic E-state index is 14.1. The third-order valence-electron chi connectivity index (χ3n) is 10.2. The molecule has 12 heteroatoms. The van der Waals surface area contributed by atoms with Crippen LogP contribution in [0.15, 0.2) is 35.2 Å². The number of esters is 1. The van der Waals surface area contributed by atoms with Crippen LogP contribution in [0.5, 0.6) is 11.5 Å². The monoisotopic (exact) mass is 743 g/mol. The highest BCUT2D eigenvalue weighted by atomic mass is 32.2. The lowest BCUT2D eigenvalue weighted by Gasteiger charge is -2.30. The van der Waals surface area contributed by atoms with E-state index < -0.39 is 20.9 Å². The van der Waals surface area contributed by atoms with Crippen molar-refractivity contribution in [3.8, 4) is 11.5 Å². The number of anilines is 2. The van der Waals surface area contributed by atoms with Crippen molar-refractivity contribution in [1.82, 2.24) is 0 Å². The zero-order valence-electron chi connectivity index (χ0n) is 31.5. The molecule has 1 N–H and O–H groups in total. The van der Waals surface area contributed by atoms with Gasteiger partial charge < -0.3 is 19.1 Å². The van der Waals surface area contributed by atoms with Gasteiger partial charge in [0.2, 0.25) is 0 Å². The number of non-ortho nitro benzene ring substituents is 1. The third-order valence-corrected chi connectivity index (χ3v) is 11.6. The average Bonchev–Trinajstić information content (AvgIpc) is 3.14. The first kappa shape index (κ1) is 41.4. The highest BCUT2D eigenvalue weighted by Crippen LogP contribution is 2.44. The molecule has 0 atom stereocenters. The summed E-state index contributed by atoms with van der Waals surface area (Å²) in [5, 5.41) is 11.7. The standard InChI is InChI=1S/C40H61N3O8S/c1-3-4-5-6-7-8-9-10-11-12-13-14-15-19-26-50-38-31-39(51-32(2)44)36(30-35(38)33-20-17-16-18-21-33)41-52(47,48)40-29-34(43(45)46)22-23-37(40)42-24-27-49-28-25-42/h22-23,29-31,33,41H,3-21,24-28H2,1-2H3. The fourth-order valence-corrected chi connectivity index (χ4v) is 8.64. The Bertz CT molecular complexity index is 1520. The van der Waals surface area contributed by atoms with Crippen molar-refractivity contribution >= 4 is 33.1 Å². The van der Waals surface area contributed by atoms with Gasteiger partial charge >= 0.3 is 5.97 Å². The van der Waals surface area contributed by atoms with Gasteiger partial charge in [-0.3, -0.25) is 19.6 Å². The van der Waals surface area contributed by atoms with E-state index in [1.54, 1.807) is 12.1 Å². The Labute approximate surface area is 311 Å². The van der Waals surface area contributed by atoms with E-state index >= 15 is 0 Å². The molecule has 52 heavy (non-hydrogen) atoms. The molecule has 0 radical (unpaired) electrons. The molecular formula is C40H61N3O8S. The number of nitro groups is 1. The number of carbonyl (C=O) groups is 1. The third kappa shape index (κ3) is 13.2. The van der Waals surface area contributed by atoms with Crippen molar-refractivity contribution in [3.63, 3.8) is 0 Å². The van der Waals surface area contributed by atoms with Gasteiger partial charge in [0, 0.05) is 38.2 Å². The normalized spacial score (nSPS) is 15.4. The molecule has 0 spiro atoms. The summed E-state index contributed by atoms with van der Waals surface area (Å²) in [6.07, 6.45) is 22.9. The summed E-state index contributed by atoms with van der Waals surface area (Å²) < 4.78 is 48.3. The molecule has 2 fully saturated rings. The van der Waals surface area contributed by atoms with E-state index in [9.17, 15) is 23.3 Å². The number of hydrogen-bond donors (Lipinski definition) is 1. The molecule has 290 valence electrons. The number of benzene rings is 2. The van der Waals surface area contributed by atoms with Crippen molar-refractivity contribution in [1.29, 1.82) is 0 Å². The highest BCUT2D eigenvalue weighted by Gasteiger charge is 2.29. The summed E-state index contributed by atoms with van der Waals surface area (Å²) in [6, 6.07) is 7.21. The van der Waals surface area contributed by atoms with E-state index in [1.807, 2.05) is 4.90 Å². The molecular weight excluding hydrogens is 683 g/mol. The zero-order chi connectivity index (χ0) is 37.2. The van der Waals surface area contributed by atoms with Gasteiger partial charge in [-0.05, 0) is 42.9 Å². The van der Waals surface area contributed by atoms with Crippen LogP contribution in [-0.2, 0) is 19.6 Å². The molecule has 1 aliphatic carbocycles. The zero-order valence-corrected chi connectivity index (χ0v) is 32.3. The largest absolute Gasteiger partial charge is 0.493 e. The van der Waals surface area contributed by atoms with Crippen LogP contribution in [0.3, 0.4) is 0 Å². The number of nitrogens with zero attached hydrogens (tertiary/aromatic N) is 2. The van der Waals surface area contributed by atoms with E-state index in [0.717, 1.165) is 56.6 Å². The number of hydrogen-bond acceptors (Lipinski definition) is 9. The Morgan fingerprint density at radius 1 is 0.865 bits per heavy atom. The smallest absolute Gasteiger partial charge is 0.308 e. The maximum Gasteiger partial charge on any atom is 0.308 e. The summed E-state index contributed by atoms with van der Waals surface area (Å²) in [5.41, 5.74) is 0.981. The number of ether oxygens (including phenoxy) is 3. The van der Waals surface area contributed by atoms with E-state index in [-0.39, 0.29) is 27.9 Å². The lowest BCUT2D eigenvalue weighted by atomic mass is 9.83. The van der Waals surface area contributed by atoms with Crippen molar-refractivity contribution in [2.24, 2.45) is 0 Å². The predicted octanol–water partition coefficient (Wildman–Crippen LogP) is 10.1. The van der Waals surface area contributed by atoms with Gasteiger partial charge in [-0.15, -0.1) is 0 Å². The fourth-order valence-electron chi connectivity index (χ4n) is 7.33. The molecule has 2 aliphatic rings. The average molecular weight is 744 g/mol. The second-order valence-electron chi connectivity index (χ2n) is 14.4. The number of carbonyl (C=O) groups excluding carboxylic acids is 1. The van der Waals surface area contributed by atoms with Crippen molar-refractivity contribution in [2.75, 3.05) is 42.5 Å². The number of sulfonamides is 1. The van der Waals surface area contributed by atoms with E-state index in [2.05, 4.69) is 11.6 Å². The molecule has 0 unspecified atom stereocenters. The minimum atomic E-state index is -4.38. The maximum absolute atomic E-state index is 14.1. The summed E-state index contributed by atoms with van der Waals surface area (Å²) in [6.45, 7) is 5.73. The molecule has 2 aromatic carbocycles. The van der Waals surface area contributed by atoms with E-state index in [4.69, 9.17) is 14.2 Å². The van der Waals surface area contributed by atoms with E-state index in [0.29, 0.717) is 44.3 Å².